The number of benzene rings is 2. The number of anilines is 1. The van der Waals surface area contributed by atoms with Gasteiger partial charge in [0.05, 0.1) is 24.5 Å². The molecule has 0 saturated carbocycles. The normalized spacial score (nSPS) is 13.2. The zero-order valence-electron chi connectivity index (χ0n) is 19.9. The third kappa shape index (κ3) is 5.47. The minimum Gasteiger partial charge on any atom is -0.494 e. The van der Waals surface area contributed by atoms with Crippen LogP contribution in [0.25, 0.3) is 11.3 Å². The van der Waals surface area contributed by atoms with Crippen LogP contribution in [0, 0.1) is 0 Å². The maximum absolute atomic E-state index is 13.0. The topological polar surface area (TPSA) is 67.7 Å². The van der Waals surface area contributed by atoms with E-state index < -0.39 is 0 Å². The highest BCUT2D eigenvalue weighted by molar-refractivity contribution is 5.95. The van der Waals surface area contributed by atoms with Gasteiger partial charge in [-0.3, -0.25) is 14.3 Å². The summed E-state index contributed by atoms with van der Waals surface area (Å²) in [6, 6.07) is 19.6. The molecule has 0 bridgehead atoms. The van der Waals surface area contributed by atoms with E-state index in [0.717, 1.165) is 41.4 Å². The van der Waals surface area contributed by atoms with Crippen LogP contribution in [-0.4, -0.2) is 46.2 Å². The van der Waals surface area contributed by atoms with Crippen LogP contribution in [0.15, 0.2) is 60.7 Å². The SMILES string of the molecule is CCOc1ccc(-c2cc3n(n2)CCCN(C(=O)CCC(=O)N(CC)c2ccccc2)C3)cc1. The number of aryl methyl sites for hydroxylation is 1. The summed E-state index contributed by atoms with van der Waals surface area (Å²) in [5.74, 6) is 0.821. The standard InChI is InChI=1S/C27H32N4O3/c1-3-30(22-9-6-5-7-10-22)27(33)16-15-26(32)29-17-8-18-31-23(20-29)19-25(28-31)21-11-13-24(14-12-21)34-4-2/h5-7,9-14,19H,3-4,8,15-18,20H2,1-2H3. The summed E-state index contributed by atoms with van der Waals surface area (Å²) in [5, 5.41) is 4.77. The van der Waals surface area contributed by atoms with Gasteiger partial charge in [-0.1, -0.05) is 18.2 Å². The van der Waals surface area contributed by atoms with Crippen molar-refractivity contribution in [2.45, 2.75) is 46.2 Å². The van der Waals surface area contributed by atoms with E-state index in [9.17, 15) is 9.59 Å². The molecule has 0 radical (unpaired) electrons. The Morgan fingerprint density at radius 2 is 1.76 bits per heavy atom. The molecule has 34 heavy (non-hydrogen) atoms. The third-order valence-electron chi connectivity index (χ3n) is 6.07. The fraction of sp³-hybridized carbons (Fsp3) is 0.370. The van der Waals surface area contributed by atoms with Crippen molar-refractivity contribution in [1.29, 1.82) is 0 Å². The number of nitrogens with zero attached hydrogens (tertiary/aromatic N) is 4. The number of rotatable bonds is 8. The number of ether oxygens (including phenoxy) is 1. The predicted octanol–water partition coefficient (Wildman–Crippen LogP) is 4.51. The van der Waals surface area contributed by atoms with E-state index in [1.165, 1.54) is 0 Å². The molecule has 0 aliphatic carbocycles. The second-order valence-corrected chi connectivity index (χ2v) is 8.34. The van der Waals surface area contributed by atoms with Crippen molar-refractivity contribution in [2.24, 2.45) is 0 Å². The van der Waals surface area contributed by atoms with Gasteiger partial charge in [0.25, 0.3) is 0 Å². The summed E-state index contributed by atoms with van der Waals surface area (Å²) in [5.41, 5.74) is 3.79. The van der Waals surface area contributed by atoms with Crippen molar-refractivity contribution < 1.29 is 14.3 Å². The van der Waals surface area contributed by atoms with Crippen molar-refractivity contribution in [3.63, 3.8) is 0 Å². The minimum absolute atomic E-state index is 0.00901. The number of fused-ring (bicyclic) bond motifs is 1. The van der Waals surface area contributed by atoms with Gasteiger partial charge in [-0.15, -0.1) is 0 Å². The summed E-state index contributed by atoms with van der Waals surface area (Å²) in [6.45, 7) is 7.08. The molecule has 0 saturated heterocycles. The van der Waals surface area contributed by atoms with Crippen LogP contribution >= 0.6 is 0 Å². The van der Waals surface area contributed by atoms with Crippen molar-refractivity contribution in [2.75, 3.05) is 24.6 Å². The Morgan fingerprint density at radius 3 is 2.47 bits per heavy atom. The number of carbonyl (C=O) groups excluding carboxylic acids is 2. The molecule has 1 aliphatic heterocycles. The van der Waals surface area contributed by atoms with Gasteiger partial charge in [-0.2, -0.15) is 5.10 Å². The van der Waals surface area contributed by atoms with Gasteiger partial charge in [0.1, 0.15) is 5.75 Å². The van der Waals surface area contributed by atoms with E-state index in [0.29, 0.717) is 26.2 Å². The highest BCUT2D eigenvalue weighted by Crippen LogP contribution is 2.25. The van der Waals surface area contributed by atoms with Gasteiger partial charge < -0.3 is 14.5 Å². The Labute approximate surface area is 200 Å². The molecular formula is C27H32N4O3. The van der Waals surface area contributed by atoms with Gasteiger partial charge in [0.2, 0.25) is 11.8 Å². The molecule has 2 aromatic carbocycles. The first-order valence-corrected chi connectivity index (χ1v) is 12.0. The number of hydrogen-bond donors (Lipinski definition) is 0. The van der Waals surface area contributed by atoms with E-state index in [1.54, 1.807) is 4.90 Å². The zero-order chi connectivity index (χ0) is 23.9. The van der Waals surface area contributed by atoms with Gasteiger partial charge in [0, 0.05) is 43.7 Å². The highest BCUT2D eigenvalue weighted by Gasteiger charge is 2.23. The zero-order valence-corrected chi connectivity index (χ0v) is 19.9. The summed E-state index contributed by atoms with van der Waals surface area (Å²) in [7, 11) is 0. The van der Waals surface area contributed by atoms with E-state index >= 15 is 0 Å². The van der Waals surface area contributed by atoms with Crippen LogP contribution in [0.2, 0.25) is 0 Å². The Morgan fingerprint density at radius 1 is 1.00 bits per heavy atom. The molecule has 7 nitrogen and oxygen atoms in total. The molecule has 7 heteroatoms. The largest absolute Gasteiger partial charge is 0.494 e. The maximum atomic E-state index is 13.0. The molecule has 0 fully saturated rings. The molecule has 4 rings (SSSR count). The van der Waals surface area contributed by atoms with Gasteiger partial charge >= 0.3 is 0 Å². The second kappa shape index (κ2) is 11.0. The maximum Gasteiger partial charge on any atom is 0.227 e. The Balaban J connectivity index is 1.38. The van der Waals surface area contributed by atoms with Crippen LogP contribution in [0.5, 0.6) is 5.75 Å². The highest BCUT2D eigenvalue weighted by atomic mass is 16.5. The number of amides is 2. The molecular weight excluding hydrogens is 428 g/mol. The Kier molecular flexibility index (Phi) is 7.62. The van der Waals surface area contributed by atoms with E-state index in [2.05, 4.69) is 6.07 Å². The lowest BCUT2D eigenvalue weighted by atomic mass is 10.1. The Hall–Kier alpha value is -3.61. The number of carbonyl (C=O) groups is 2. The summed E-state index contributed by atoms with van der Waals surface area (Å²) < 4.78 is 7.52. The first-order valence-electron chi connectivity index (χ1n) is 12.0. The fourth-order valence-corrected chi connectivity index (χ4v) is 4.32. The molecule has 178 valence electrons. The van der Waals surface area contributed by atoms with E-state index in [4.69, 9.17) is 9.84 Å². The average Bonchev–Trinajstić information content (AvgIpc) is 3.15. The van der Waals surface area contributed by atoms with Crippen molar-refractivity contribution in [1.82, 2.24) is 14.7 Å². The molecule has 3 aromatic rings. The second-order valence-electron chi connectivity index (χ2n) is 8.34. The van der Waals surface area contributed by atoms with E-state index in [1.807, 2.05) is 78.0 Å². The molecule has 1 aliphatic rings. The molecule has 0 N–H and O–H groups in total. The van der Waals surface area contributed by atoms with Crippen LogP contribution in [0.1, 0.15) is 38.8 Å². The summed E-state index contributed by atoms with van der Waals surface area (Å²) in [6.07, 6.45) is 1.25. The van der Waals surface area contributed by atoms with Crippen LogP contribution in [-0.2, 0) is 22.7 Å². The first kappa shape index (κ1) is 23.5. The lowest BCUT2D eigenvalue weighted by Gasteiger charge is -2.23. The van der Waals surface area contributed by atoms with Crippen LogP contribution in [0.4, 0.5) is 5.69 Å². The quantitative estimate of drug-likeness (QED) is 0.496. The average molecular weight is 461 g/mol. The molecule has 0 atom stereocenters. The predicted molar refractivity (Wildman–Crippen MR) is 133 cm³/mol. The lowest BCUT2D eigenvalue weighted by Crippen LogP contribution is -2.34. The third-order valence-corrected chi connectivity index (χ3v) is 6.07. The van der Waals surface area contributed by atoms with Crippen molar-refractivity contribution in [3.8, 4) is 17.0 Å². The van der Waals surface area contributed by atoms with Gasteiger partial charge in [0.15, 0.2) is 0 Å². The fourth-order valence-electron chi connectivity index (χ4n) is 4.32. The molecule has 0 spiro atoms. The number of aromatic nitrogens is 2. The number of para-hydroxylation sites is 1. The molecule has 2 heterocycles. The van der Waals surface area contributed by atoms with Crippen molar-refractivity contribution >= 4 is 17.5 Å². The van der Waals surface area contributed by atoms with Crippen LogP contribution in [0.3, 0.4) is 0 Å². The van der Waals surface area contributed by atoms with Gasteiger partial charge in [-0.25, -0.2) is 0 Å². The monoisotopic (exact) mass is 460 g/mol. The van der Waals surface area contributed by atoms with Gasteiger partial charge in [-0.05, 0) is 62.7 Å². The van der Waals surface area contributed by atoms with Crippen LogP contribution < -0.4 is 9.64 Å². The molecule has 2 amide bonds. The minimum atomic E-state index is -0.0281. The number of hydrogen-bond acceptors (Lipinski definition) is 4. The summed E-state index contributed by atoms with van der Waals surface area (Å²) >= 11 is 0. The smallest absolute Gasteiger partial charge is 0.227 e. The first-order chi connectivity index (χ1) is 16.6. The Bertz CT molecular complexity index is 1110. The summed E-state index contributed by atoms with van der Waals surface area (Å²) in [4.78, 5) is 29.4. The van der Waals surface area contributed by atoms with Crippen molar-refractivity contribution in [3.05, 3.63) is 66.4 Å². The van der Waals surface area contributed by atoms with E-state index in [-0.39, 0.29) is 24.7 Å². The molecule has 1 aromatic heterocycles. The molecule has 0 unspecified atom stereocenters. The lowest BCUT2D eigenvalue weighted by molar-refractivity contribution is -0.133.